The van der Waals surface area contributed by atoms with Crippen LogP contribution in [0.15, 0.2) is 220 Å². The van der Waals surface area contributed by atoms with Crippen molar-refractivity contribution >= 4 is 0 Å². The second-order valence-corrected chi connectivity index (χ2v) is 18.7. The van der Waals surface area contributed by atoms with Crippen molar-refractivity contribution in [3.63, 3.8) is 0 Å². The van der Waals surface area contributed by atoms with Gasteiger partial charge in [0.1, 0.15) is 54.3 Å². The van der Waals surface area contributed by atoms with E-state index in [2.05, 4.69) is 101 Å². The van der Waals surface area contributed by atoms with E-state index in [4.69, 9.17) is 42.6 Å². The van der Waals surface area contributed by atoms with Gasteiger partial charge >= 0.3 is 54.1 Å². The predicted octanol–water partition coefficient (Wildman–Crippen LogP) is 15.3. The molecule has 0 N–H and O–H groups in total. The van der Waals surface area contributed by atoms with Crippen LogP contribution in [0.2, 0.25) is 0 Å². The molecule has 18 heteroatoms. The molecule has 0 saturated heterocycles. The lowest BCUT2D eigenvalue weighted by atomic mass is 9.93. The van der Waals surface area contributed by atoms with E-state index >= 15 is 0 Å². The molecule has 0 atom stereocenters. The predicted molar refractivity (Wildman–Crippen MR) is 313 cm³/mol. The highest BCUT2D eigenvalue weighted by Crippen LogP contribution is 2.39. The fraction of sp³-hybridized carbons (Fsp3) is 0.0455. The molecule has 0 spiro atoms. The molecule has 0 fully saturated rings. The third-order valence-corrected chi connectivity index (χ3v) is 13.0. The molecule has 24 bridgehead atoms. The lowest BCUT2D eigenvalue weighted by Crippen LogP contribution is -2.04. The Kier molecular flexibility index (Phi) is 14.2. The second kappa shape index (κ2) is 23.1. The summed E-state index contributed by atoms with van der Waals surface area (Å²) in [6, 6.07) is 57.8. The summed E-state index contributed by atoms with van der Waals surface area (Å²) >= 11 is 0. The van der Waals surface area contributed by atoms with Gasteiger partial charge in [0.05, 0.1) is 0 Å². The van der Waals surface area contributed by atoms with Crippen LogP contribution in [0.25, 0.3) is 66.8 Å². The summed E-state index contributed by atoms with van der Waals surface area (Å²) in [6.45, 7) is 11.7. The molecule has 8 aromatic carbocycles. The van der Waals surface area contributed by atoms with E-state index in [1.165, 1.54) is 0 Å². The number of hydrogen-bond donors (Lipinski definition) is 0. The molecule has 408 valence electrons. The fourth-order valence-corrected chi connectivity index (χ4v) is 9.01. The van der Waals surface area contributed by atoms with Crippen molar-refractivity contribution in [2.75, 3.05) is 19.8 Å². The fourth-order valence-electron chi connectivity index (χ4n) is 9.01. The summed E-state index contributed by atoms with van der Waals surface area (Å²) in [5.41, 5.74) is 10.8. The van der Waals surface area contributed by atoms with Gasteiger partial charge in [-0.25, -0.2) is 0 Å². The second-order valence-electron chi connectivity index (χ2n) is 18.7. The first-order valence-corrected chi connectivity index (χ1v) is 26.3. The van der Waals surface area contributed by atoms with Gasteiger partial charge in [0.25, 0.3) is 0 Å². The Morgan fingerprint density at radius 2 is 0.405 bits per heavy atom. The minimum atomic E-state index is -0.0390. The van der Waals surface area contributed by atoms with Crippen molar-refractivity contribution < 1.29 is 42.6 Å². The maximum absolute atomic E-state index is 6.27. The normalized spacial score (nSPS) is 11.7. The molecule has 0 aliphatic carbocycles. The molecular weight excluding hydrogens is 1060 g/mol. The van der Waals surface area contributed by atoms with E-state index in [0.29, 0.717) is 34.5 Å². The average molecular weight is 1110 g/mol. The third-order valence-electron chi connectivity index (χ3n) is 13.0. The van der Waals surface area contributed by atoms with Crippen molar-refractivity contribution in [3.8, 4) is 155 Å². The van der Waals surface area contributed by atoms with Crippen molar-refractivity contribution in [1.29, 1.82) is 0 Å². The monoisotopic (exact) mass is 1110 g/mol. The van der Waals surface area contributed by atoms with Gasteiger partial charge in [0, 0.05) is 0 Å². The molecule has 11 aromatic rings. The van der Waals surface area contributed by atoms with Gasteiger partial charge in [-0.2, -0.15) is 0 Å². The Morgan fingerprint density at radius 1 is 0.238 bits per heavy atom. The highest BCUT2D eigenvalue weighted by atomic mass is 16.5. The molecule has 0 amide bonds. The summed E-state index contributed by atoms with van der Waals surface area (Å²) < 4.78 is 54.9. The van der Waals surface area contributed by atoms with Gasteiger partial charge in [-0.15, -0.1) is 44.9 Å². The molecule has 24 heterocycles. The summed E-state index contributed by atoms with van der Waals surface area (Å²) in [6.07, 6.45) is 4.77. The smallest absolute Gasteiger partial charge is 0.331 e. The van der Waals surface area contributed by atoms with E-state index in [9.17, 15) is 0 Å². The van der Waals surface area contributed by atoms with Crippen LogP contribution >= 0.6 is 0 Å². The van der Waals surface area contributed by atoms with Gasteiger partial charge in [-0.05, 0) is 176 Å². The van der Waals surface area contributed by atoms with Crippen LogP contribution in [-0.4, -0.2) is 64.7 Å². The van der Waals surface area contributed by atoms with Gasteiger partial charge in [0.15, 0.2) is 0 Å². The first-order chi connectivity index (χ1) is 41.3. The summed E-state index contributed by atoms with van der Waals surface area (Å²) in [5, 5.41) is 0. The molecule has 0 radical (unpaired) electrons. The van der Waals surface area contributed by atoms with Crippen LogP contribution in [0, 0.1) is 0 Å². The van der Waals surface area contributed by atoms with Gasteiger partial charge < -0.3 is 42.6 Å². The summed E-state index contributed by atoms with van der Waals surface area (Å²) in [4.78, 5) is 40.2. The highest BCUT2D eigenvalue weighted by Gasteiger charge is 2.19. The number of rotatable bonds is 9. The maximum Gasteiger partial charge on any atom is 0.331 e. The number of benzene rings is 8. The van der Waals surface area contributed by atoms with Crippen molar-refractivity contribution in [2.45, 2.75) is 0 Å². The first-order valence-electron chi connectivity index (χ1n) is 26.3. The van der Waals surface area contributed by atoms with Crippen LogP contribution in [0.3, 0.4) is 0 Å². The highest BCUT2D eigenvalue weighted by molar-refractivity contribution is 5.83. The van der Waals surface area contributed by atoms with Gasteiger partial charge in [0.2, 0.25) is 0 Å². The third kappa shape index (κ3) is 11.9. The number of hydrogen-bond acceptors (Lipinski definition) is 18. The molecule has 0 unspecified atom stereocenters. The summed E-state index contributed by atoms with van der Waals surface area (Å²) in [5.74, 6) is 2.72. The number of aromatic nitrogens is 9. The Bertz CT molecular complexity index is 3540. The largest absolute Gasteiger partial charge is 0.459 e. The van der Waals surface area contributed by atoms with E-state index in [-0.39, 0.29) is 73.9 Å². The lowest BCUT2D eigenvalue weighted by molar-refractivity contribution is 0.307. The van der Waals surface area contributed by atoms with Crippen LogP contribution in [0.5, 0.6) is 88.6 Å². The van der Waals surface area contributed by atoms with Crippen LogP contribution < -0.4 is 42.6 Å². The number of ether oxygens (including phenoxy) is 9. The molecule has 21 aliphatic heterocycles. The first kappa shape index (κ1) is 51.6. The Morgan fingerprint density at radius 3 is 0.560 bits per heavy atom. The zero-order valence-electron chi connectivity index (χ0n) is 44.5. The van der Waals surface area contributed by atoms with E-state index in [1.54, 1.807) is 18.2 Å². The lowest BCUT2D eigenvalue weighted by Gasteiger charge is -2.14. The Balaban J connectivity index is 0.984. The summed E-state index contributed by atoms with van der Waals surface area (Å²) in [7, 11) is 0. The minimum Gasteiger partial charge on any atom is -0.459 e. The van der Waals surface area contributed by atoms with E-state index in [1.807, 2.05) is 146 Å². The van der Waals surface area contributed by atoms with Crippen molar-refractivity contribution in [1.82, 2.24) is 44.9 Å². The molecule has 0 saturated carbocycles. The van der Waals surface area contributed by atoms with Crippen LogP contribution in [0.1, 0.15) is 0 Å². The SMILES string of the molecule is C=CCOc1nc2nc(n1)Oc1ccc(cc1)-c1cc3cc(c1)-c1ccc(cc1)Oc1nc(OCC=C)nc(n1)Oc1ccc(cc1)-c1cc(cc(c1)-c1ccc(cc1)Oc1nc(OCC=C)nc(n1)Oc1ccc-3cc1)-c1ccc(cc1)O2. The van der Waals surface area contributed by atoms with Crippen molar-refractivity contribution in [3.05, 3.63) is 220 Å². The van der Waals surface area contributed by atoms with Crippen LogP contribution in [-0.2, 0) is 0 Å². The van der Waals surface area contributed by atoms with Gasteiger partial charge in [-0.3, -0.25) is 0 Å². The average Bonchev–Trinajstić information content (AvgIpc) is 3.72. The Labute approximate surface area is 480 Å². The molecule has 18 nitrogen and oxygen atoms in total. The minimum absolute atomic E-state index is 0.00624. The topological polar surface area (TPSA) is 199 Å². The zero-order chi connectivity index (χ0) is 56.8. The van der Waals surface area contributed by atoms with Crippen molar-refractivity contribution in [2.24, 2.45) is 0 Å². The molecule has 84 heavy (non-hydrogen) atoms. The standard InChI is InChI=1S/C66H45N9O9/c1-4-31-76-58-67-61-73-62(68-58)80-53-21-9-41(10-22-53)47-35-49-39-51(37-47)45-17-29-57(30-18-45)84-66-72-60(78-33-6-3)71-65(75-66)83-56-27-15-44(16-28-56)50-36-46(40-7-19-52(79-61)20-8-40)34-48(38-50)42-11-23-54(24-12-42)81-63-69-59(77-32-5-2)70-64(74-63)82-55-25-13-43(49)14-26-55/h4-30,34-39H,1-3,31-33H2. The van der Waals surface area contributed by atoms with Gasteiger partial charge in [-0.1, -0.05) is 111 Å². The molecule has 32 rings (SSSR count). The molecule has 21 aliphatic rings. The van der Waals surface area contributed by atoms with E-state index in [0.717, 1.165) is 66.8 Å². The quantitative estimate of drug-likeness (QED) is 0.123. The number of nitrogens with zero attached hydrogens (tertiary/aromatic N) is 9. The molecule has 3 aromatic heterocycles. The van der Waals surface area contributed by atoms with E-state index < -0.39 is 0 Å². The Hall–Kier alpha value is -11.8. The molecular formula is C66H45N9O9. The maximum atomic E-state index is 6.27. The zero-order valence-corrected chi connectivity index (χ0v) is 44.5. The van der Waals surface area contributed by atoms with Crippen LogP contribution in [0.4, 0.5) is 0 Å².